The Bertz CT molecular complexity index is 978. The number of nitrogens with one attached hydrogen (secondary N) is 2. The molecule has 2 heterocycles. The minimum Gasteiger partial charge on any atom is -0.478 e. The number of carboxylic acids is 1. The number of carbonyl (C=O) groups is 1. The average Bonchev–Trinajstić information content (AvgIpc) is 2.90. The van der Waals surface area contributed by atoms with Crippen LogP contribution in [0.5, 0.6) is 0 Å². The zero-order valence-corrected chi connectivity index (χ0v) is 15.2. The van der Waals surface area contributed by atoms with Crippen molar-refractivity contribution in [1.29, 1.82) is 0 Å². The maximum absolute atomic E-state index is 11.3. The number of halogens is 2. The summed E-state index contributed by atoms with van der Waals surface area (Å²) >= 11 is 12.5. The van der Waals surface area contributed by atoms with E-state index in [-0.39, 0.29) is 5.56 Å². The predicted molar refractivity (Wildman–Crippen MR) is 103 cm³/mol. The third-order valence-electron chi connectivity index (χ3n) is 4.50. The number of fused-ring (bicyclic) bond motifs is 1. The van der Waals surface area contributed by atoms with Crippen LogP contribution in [0.3, 0.4) is 0 Å². The Labute approximate surface area is 159 Å². The number of benzene rings is 2. The molecule has 1 fully saturated rings. The van der Waals surface area contributed by atoms with Gasteiger partial charge in [0, 0.05) is 25.6 Å². The molecule has 2 aromatic carbocycles. The normalized spacial score (nSPS) is 14.4. The minimum absolute atomic E-state index is 0.204. The number of hydrogen-bond donors (Lipinski definition) is 3. The highest BCUT2D eigenvalue weighted by atomic mass is 35.5. The summed E-state index contributed by atoms with van der Waals surface area (Å²) in [6.07, 6.45) is 0. The molecule has 6 nitrogen and oxygen atoms in total. The molecule has 0 bridgehead atoms. The zero-order valence-electron chi connectivity index (χ0n) is 13.7. The molecule has 0 spiro atoms. The Balaban J connectivity index is 1.80. The summed E-state index contributed by atoms with van der Waals surface area (Å²) in [5.41, 5.74) is 2.27. The van der Waals surface area contributed by atoms with Gasteiger partial charge in [0.05, 0.1) is 32.3 Å². The van der Waals surface area contributed by atoms with Crippen LogP contribution in [0.15, 0.2) is 36.4 Å². The first-order chi connectivity index (χ1) is 12.5. The quantitative estimate of drug-likeness (QED) is 0.613. The SMILES string of the molecule is O=C(O)c1ccc2c(c1)nc(Nc1c(Cl)cccc1Cl)n2CC1CNC1. The summed E-state index contributed by atoms with van der Waals surface area (Å²) in [4.78, 5) is 15.9. The van der Waals surface area contributed by atoms with Gasteiger partial charge >= 0.3 is 5.97 Å². The molecule has 0 aliphatic carbocycles. The summed E-state index contributed by atoms with van der Waals surface area (Å²) in [7, 11) is 0. The third-order valence-corrected chi connectivity index (χ3v) is 5.13. The molecule has 26 heavy (non-hydrogen) atoms. The number of anilines is 2. The molecular formula is C18H16Cl2N4O2. The zero-order chi connectivity index (χ0) is 18.3. The molecule has 1 aromatic heterocycles. The molecule has 1 aliphatic heterocycles. The molecule has 4 rings (SSSR count). The fourth-order valence-corrected chi connectivity index (χ4v) is 3.50. The van der Waals surface area contributed by atoms with Crippen molar-refractivity contribution < 1.29 is 9.90 Å². The lowest BCUT2D eigenvalue weighted by Gasteiger charge is -2.28. The molecule has 1 aliphatic rings. The van der Waals surface area contributed by atoms with Crippen molar-refractivity contribution >= 4 is 51.8 Å². The van der Waals surface area contributed by atoms with Gasteiger partial charge in [0.25, 0.3) is 0 Å². The van der Waals surface area contributed by atoms with E-state index in [2.05, 4.69) is 15.6 Å². The average molecular weight is 391 g/mol. The van der Waals surface area contributed by atoms with Crippen LogP contribution in [-0.4, -0.2) is 33.7 Å². The van der Waals surface area contributed by atoms with Crippen LogP contribution in [0.1, 0.15) is 10.4 Å². The molecule has 0 radical (unpaired) electrons. The Morgan fingerprint density at radius 1 is 1.27 bits per heavy atom. The highest BCUT2D eigenvalue weighted by Crippen LogP contribution is 2.34. The lowest BCUT2D eigenvalue weighted by Crippen LogP contribution is -2.44. The van der Waals surface area contributed by atoms with E-state index in [1.54, 1.807) is 36.4 Å². The first kappa shape index (κ1) is 17.1. The fraction of sp³-hybridized carbons (Fsp3) is 0.222. The van der Waals surface area contributed by atoms with E-state index in [9.17, 15) is 9.90 Å². The Morgan fingerprint density at radius 3 is 2.62 bits per heavy atom. The maximum Gasteiger partial charge on any atom is 0.335 e. The van der Waals surface area contributed by atoms with Crippen molar-refractivity contribution in [2.45, 2.75) is 6.54 Å². The largest absolute Gasteiger partial charge is 0.478 e. The first-order valence-corrected chi connectivity index (χ1v) is 8.94. The van der Waals surface area contributed by atoms with Crippen molar-refractivity contribution in [2.75, 3.05) is 18.4 Å². The molecule has 3 aromatic rings. The topological polar surface area (TPSA) is 79.2 Å². The molecule has 1 saturated heterocycles. The molecule has 0 amide bonds. The molecule has 0 unspecified atom stereocenters. The molecule has 134 valence electrons. The van der Waals surface area contributed by atoms with E-state index in [1.165, 1.54) is 0 Å². The lowest BCUT2D eigenvalue weighted by atomic mass is 10.0. The van der Waals surface area contributed by atoms with Gasteiger partial charge in [-0.3, -0.25) is 0 Å². The Kier molecular flexibility index (Phi) is 4.48. The van der Waals surface area contributed by atoms with Gasteiger partial charge in [-0.1, -0.05) is 29.3 Å². The van der Waals surface area contributed by atoms with E-state index in [0.717, 1.165) is 25.2 Å². The number of carboxylic acid groups (broad SMARTS) is 1. The van der Waals surface area contributed by atoms with Gasteiger partial charge in [-0.2, -0.15) is 0 Å². The van der Waals surface area contributed by atoms with Crippen molar-refractivity contribution in [3.05, 3.63) is 52.0 Å². The van der Waals surface area contributed by atoms with E-state index < -0.39 is 5.97 Å². The van der Waals surface area contributed by atoms with Crippen LogP contribution in [0.4, 0.5) is 11.6 Å². The van der Waals surface area contributed by atoms with Gasteiger partial charge in [0.1, 0.15) is 0 Å². The van der Waals surface area contributed by atoms with Crippen molar-refractivity contribution in [1.82, 2.24) is 14.9 Å². The summed E-state index contributed by atoms with van der Waals surface area (Å²) < 4.78 is 2.05. The van der Waals surface area contributed by atoms with E-state index >= 15 is 0 Å². The van der Waals surface area contributed by atoms with Crippen LogP contribution < -0.4 is 10.6 Å². The third kappa shape index (κ3) is 3.11. The second-order valence-electron chi connectivity index (χ2n) is 6.30. The van der Waals surface area contributed by atoms with Crippen LogP contribution in [0, 0.1) is 5.92 Å². The monoisotopic (exact) mass is 390 g/mol. The summed E-state index contributed by atoms with van der Waals surface area (Å²) in [6.45, 7) is 2.65. The van der Waals surface area contributed by atoms with Gasteiger partial charge in [-0.15, -0.1) is 0 Å². The summed E-state index contributed by atoms with van der Waals surface area (Å²) in [5, 5.41) is 16.7. The summed E-state index contributed by atoms with van der Waals surface area (Å²) in [6, 6.07) is 10.2. The van der Waals surface area contributed by atoms with E-state index in [0.29, 0.717) is 33.1 Å². The first-order valence-electron chi connectivity index (χ1n) is 8.18. The highest BCUT2D eigenvalue weighted by Gasteiger charge is 2.22. The van der Waals surface area contributed by atoms with Crippen LogP contribution in [0.2, 0.25) is 10.0 Å². The number of hydrogen-bond acceptors (Lipinski definition) is 4. The molecule has 8 heteroatoms. The predicted octanol–water partition coefficient (Wildman–Crippen LogP) is 4.00. The van der Waals surface area contributed by atoms with Gasteiger partial charge in [0.15, 0.2) is 0 Å². The Hall–Kier alpha value is -2.28. The highest BCUT2D eigenvalue weighted by molar-refractivity contribution is 6.39. The second kappa shape index (κ2) is 6.79. The number of rotatable bonds is 5. The number of nitrogens with zero attached hydrogens (tertiary/aromatic N) is 2. The van der Waals surface area contributed by atoms with Gasteiger partial charge in [0.2, 0.25) is 5.95 Å². The van der Waals surface area contributed by atoms with Crippen molar-refractivity contribution in [3.63, 3.8) is 0 Å². The van der Waals surface area contributed by atoms with Gasteiger partial charge in [-0.05, 0) is 30.3 Å². The van der Waals surface area contributed by atoms with E-state index in [4.69, 9.17) is 23.2 Å². The van der Waals surface area contributed by atoms with Crippen LogP contribution in [-0.2, 0) is 6.54 Å². The molecule has 3 N–H and O–H groups in total. The van der Waals surface area contributed by atoms with Crippen LogP contribution >= 0.6 is 23.2 Å². The molecular weight excluding hydrogens is 375 g/mol. The Morgan fingerprint density at radius 2 is 2.00 bits per heavy atom. The minimum atomic E-state index is -0.978. The number of para-hydroxylation sites is 1. The van der Waals surface area contributed by atoms with Crippen LogP contribution in [0.25, 0.3) is 11.0 Å². The maximum atomic E-state index is 11.3. The fourth-order valence-electron chi connectivity index (χ4n) is 3.01. The van der Waals surface area contributed by atoms with Gasteiger partial charge < -0.3 is 20.3 Å². The molecule has 0 atom stereocenters. The lowest BCUT2D eigenvalue weighted by molar-refractivity contribution is 0.0697. The number of aromatic nitrogens is 2. The summed E-state index contributed by atoms with van der Waals surface area (Å²) in [5.74, 6) is 0.103. The van der Waals surface area contributed by atoms with Crippen molar-refractivity contribution in [2.24, 2.45) is 5.92 Å². The number of aromatic carboxylic acids is 1. The molecule has 0 saturated carbocycles. The number of imidazole rings is 1. The van der Waals surface area contributed by atoms with Gasteiger partial charge in [-0.25, -0.2) is 9.78 Å². The van der Waals surface area contributed by atoms with Crippen molar-refractivity contribution in [3.8, 4) is 0 Å². The van der Waals surface area contributed by atoms with E-state index in [1.807, 2.05) is 4.57 Å². The smallest absolute Gasteiger partial charge is 0.335 e. The second-order valence-corrected chi connectivity index (χ2v) is 7.11. The standard InChI is InChI=1S/C18H16Cl2N4O2/c19-12-2-1-3-13(20)16(12)23-18-22-14-6-11(17(25)26)4-5-15(14)24(18)9-10-7-21-8-10/h1-6,10,21H,7-9H2,(H,22,23)(H,25,26).